The number of aryl methyl sites for hydroxylation is 2. The predicted octanol–water partition coefficient (Wildman–Crippen LogP) is 3.43. The summed E-state index contributed by atoms with van der Waals surface area (Å²) in [6.45, 7) is 12.9. The number of aromatic nitrogens is 2. The molecule has 1 aromatic carbocycles. The van der Waals surface area contributed by atoms with Gasteiger partial charge in [0.05, 0.1) is 11.0 Å². The summed E-state index contributed by atoms with van der Waals surface area (Å²) in [5.74, 6) is 1.76. The number of carbonyl (C=O) groups excluding carboxylic acids is 1. The second kappa shape index (κ2) is 12.6. The van der Waals surface area contributed by atoms with E-state index in [4.69, 9.17) is 4.74 Å². The Balaban J connectivity index is 0.00000450. The van der Waals surface area contributed by atoms with Gasteiger partial charge in [-0.3, -0.25) is 4.99 Å². The number of halogens is 1. The molecule has 0 atom stereocenters. The van der Waals surface area contributed by atoms with Gasteiger partial charge in [0.1, 0.15) is 11.4 Å². The summed E-state index contributed by atoms with van der Waals surface area (Å²) in [5.41, 5.74) is 1.69. The Morgan fingerprint density at radius 2 is 1.87 bits per heavy atom. The molecule has 3 N–H and O–H groups in total. The number of fused-ring (bicyclic) bond motifs is 1. The fourth-order valence-corrected chi connectivity index (χ4v) is 2.90. The molecule has 8 nitrogen and oxygen atoms in total. The molecule has 1 amide bonds. The van der Waals surface area contributed by atoms with E-state index in [0.29, 0.717) is 19.6 Å². The van der Waals surface area contributed by atoms with Crippen LogP contribution >= 0.6 is 24.0 Å². The van der Waals surface area contributed by atoms with E-state index in [-0.39, 0.29) is 24.0 Å². The number of hydrogen-bond donors (Lipinski definition) is 3. The number of nitrogens with zero attached hydrogens (tertiary/aromatic N) is 3. The first-order valence-electron chi connectivity index (χ1n) is 10.2. The quantitative estimate of drug-likeness (QED) is 0.211. The van der Waals surface area contributed by atoms with Gasteiger partial charge in [0.2, 0.25) is 0 Å². The summed E-state index contributed by atoms with van der Waals surface area (Å²) in [7, 11) is 0. The number of para-hydroxylation sites is 2. The van der Waals surface area contributed by atoms with Crippen LogP contribution < -0.4 is 16.0 Å². The van der Waals surface area contributed by atoms with Crippen molar-refractivity contribution in [2.75, 3.05) is 26.2 Å². The van der Waals surface area contributed by atoms with Crippen molar-refractivity contribution in [3.05, 3.63) is 30.1 Å². The molecule has 0 aliphatic carbocycles. The smallest absolute Gasteiger partial charge is 0.407 e. The molecule has 2 aromatic rings. The second-order valence-electron chi connectivity index (χ2n) is 7.77. The lowest BCUT2D eigenvalue weighted by molar-refractivity contribution is 0.0529. The summed E-state index contributed by atoms with van der Waals surface area (Å²) in [5, 5.41) is 9.17. The van der Waals surface area contributed by atoms with E-state index in [1.807, 2.05) is 52.8 Å². The molecule has 0 bridgehead atoms. The van der Waals surface area contributed by atoms with E-state index in [0.717, 1.165) is 42.3 Å². The Bertz CT molecular complexity index is 829. The fraction of sp³-hybridized carbons (Fsp3) is 0.571. The highest BCUT2D eigenvalue weighted by Crippen LogP contribution is 2.15. The maximum atomic E-state index is 11.7. The van der Waals surface area contributed by atoms with E-state index in [1.54, 1.807) is 0 Å². The number of hydrogen-bond acceptors (Lipinski definition) is 4. The first kappa shape index (κ1) is 26.0. The predicted molar refractivity (Wildman–Crippen MR) is 133 cm³/mol. The molecule has 0 fully saturated rings. The number of benzene rings is 1. The van der Waals surface area contributed by atoms with Crippen molar-refractivity contribution in [3.8, 4) is 0 Å². The molecule has 1 aromatic heterocycles. The molecular formula is C21H35IN6O2. The first-order valence-corrected chi connectivity index (χ1v) is 10.2. The number of alkyl carbamates (subject to hydrolysis) is 1. The molecule has 0 radical (unpaired) electrons. The number of guanidine groups is 1. The molecule has 2 rings (SSSR count). The molecule has 30 heavy (non-hydrogen) atoms. The molecule has 1 heterocycles. The molecule has 0 unspecified atom stereocenters. The summed E-state index contributed by atoms with van der Waals surface area (Å²) in [6, 6.07) is 8.18. The molecule has 0 saturated carbocycles. The number of aliphatic imine (C=N–C) groups is 1. The first-order chi connectivity index (χ1) is 13.8. The van der Waals surface area contributed by atoms with Gasteiger partial charge in [-0.15, -0.1) is 24.0 Å². The molecule has 0 aliphatic rings. The average Bonchev–Trinajstić information content (AvgIpc) is 2.96. The van der Waals surface area contributed by atoms with Crippen molar-refractivity contribution in [2.24, 2.45) is 4.99 Å². The fourth-order valence-electron chi connectivity index (χ4n) is 2.90. The van der Waals surface area contributed by atoms with Gasteiger partial charge < -0.3 is 25.3 Å². The summed E-state index contributed by atoms with van der Waals surface area (Å²) < 4.78 is 7.45. The van der Waals surface area contributed by atoms with Crippen LogP contribution in [-0.4, -0.2) is 53.4 Å². The highest BCUT2D eigenvalue weighted by atomic mass is 127. The topological polar surface area (TPSA) is 92.6 Å². The van der Waals surface area contributed by atoms with Gasteiger partial charge in [-0.2, -0.15) is 0 Å². The Morgan fingerprint density at radius 1 is 1.17 bits per heavy atom. The lowest BCUT2D eigenvalue weighted by Crippen LogP contribution is -2.42. The van der Waals surface area contributed by atoms with Crippen LogP contribution in [0.15, 0.2) is 29.3 Å². The molecule has 0 spiro atoms. The van der Waals surface area contributed by atoms with Crippen LogP contribution in [0.5, 0.6) is 0 Å². The minimum atomic E-state index is -0.493. The van der Waals surface area contributed by atoms with E-state index in [1.165, 1.54) is 0 Å². The molecule has 168 valence electrons. The largest absolute Gasteiger partial charge is 0.444 e. The van der Waals surface area contributed by atoms with Gasteiger partial charge in [0.25, 0.3) is 0 Å². The van der Waals surface area contributed by atoms with Crippen LogP contribution in [0.3, 0.4) is 0 Å². The monoisotopic (exact) mass is 530 g/mol. The van der Waals surface area contributed by atoms with Gasteiger partial charge in [-0.1, -0.05) is 12.1 Å². The maximum Gasteiger partial charge on any atom is 0.407 e. The SMILES string of the molecule is CCNC(=NCCCn1c(C)nc2ccccc21)NCCNC(=O)OC(C)(C)C.I. The van der Waals surface area contributed by atoms with Gasteiger partial charge in [0.15, 0.2) is 5.96 Å². The molecule has 9 heteroatoms. The number of rotatable bonds is 8. The van der Waals surface area contributed by atoms with Crippen molar-refractivity contribution >= 4 is 47.1 Å². The minimum absolute atomic E-state index is 0. The summed E-state index contributed by atoms with van der Waals surface area (Å²) in [4.78, 5) is 20.9. The van der Waals surface area contributed by atoms with E-state index >= 15 is 0 Å². The maximum absolute atomic E-state index is 11.7. The van der Waals surface area contributed by atoms with Crippen LogP contribution in [0.25, 0.3) is 11.0 Å². The minimum Gasteiger partial charge on any atom is -0.444 e. The normalized spacial score (nSPS) is 11.7. The van der Waals surface area contributed by atoms with Crippen LogP contribution in [0.2, 0.25) is 0 Å². The van der Waals surface area contributed by atoms with Crippen molar-refractivity contribution in [2.45, 2.75) is 53.2 Å². The number of amides is 1. The van der Waals surface area contributed by atoms with Gasteiger partial charge in [0, 0.05) is 32.7 Å². The van der Waals surface area contributed by atoms with Crippen LogP contribution in [0.4, 0.5) is 4.79 Å². The Hall–Kier alpha value is -2.04. The van der Waals surface area contributed by atoms with E-state index in [2.05, 4.69) is 36.6 Å². The third-order valence-electron chi connectivity index (χ3n) is 4.09. The van der Waals surface area contributed by atoms with Crippen LogP contribution in [0, 0.1) is 6.92 Å². The molecule has 0 aliphatic heterocycles. The third kappa shape index (κ3) is 8.76. The van der Waals surface area contributed by atoms with Crippen molar-refractivity contribution in [3.63, 3.8) is 0 Å². The number of nitrogens with one attached hydrogen (secondary N) is 3. The summed E-state index contributed by atoms with van der Waals surface area (Å²) in [6.07, 6.45) is 0.498. The van der Waals surface area contributed by atoms with Crippen molar-refractivity contribution in [1.82, 2.24) is 25.5 Å². The lowest BCUT2D eigenvalue weighted by Gasteiger charge is -2.19. The zero-order valence-electron chi connectivity index (χ0n) is 18.6. The summed E-state index contributed by atoms with van der Waals surface area (Å²) >= 11 is 0. The van der Waals surface area contributed by atoms with Gasteiger partial charge >= 0.3 is 6.09 Å². The van der Waals surface area contributed by atoms with Crippen LogP contribution in [0.1, 0.15) is 39.9 Å². The zero-order valence-corrected chi connectivity index (χ0v) is 20.9. The molecule has 0 saturated heterocycles. The highest BCUT2D eigenvalue weighted by Gasteiger charge is 2.15. The third-order valence-corrected chi connectivity index (χ3v) is 4.09. The van der Waals surface area contributed by atoms with Crippen molar-refractivity contribution in [1.29, 1.82) is 0 Å². The second-order valence-corrected chi connectivity index (χ2v) is 7.77. The van der Waals surface area contributed by atoms with E-state index < -0.39 is 11.7 Å². The Kier molecular flexibility index (Phi) is 10.9. The number of ether oxygens (including phenoxy) is 1. The van der Waals surface area contributed by atoms with Crippen LogP contribution in [-0.2, 0) is 11.3 Å². The zero-order chi connectivity index (χ0) is 21.3. The lowest BCUT2D eigenvalue weighted by atomic mass is 10.2. The average molecular weight is 530 g/mol. The number of carbonyl (C=O) groups is 1. The Labute approximate surface area is 196 Å². The highest BCUT2D eigenvalue weighted by molar-refractivity contribution is 14.0. The van der Waals surface area contributed by atoms with Crippen molar-refractivity contribution < 1.29 is 9.53 Å². The standard InChI is InChI=1S/C21H34N6O2.HI/c1-6-22-19(24-13-14-25-20(28)29-21(3,4)5)23-12-9-15-27-16(2)26-17-10-7-8-11-18(17)27;/h7-8,10-11H,6,9,12-15H2,1-5H3,(H,25,28)(H2,22,23,24);1H. The Morgan fingerprint density at radius 3 is 2.57 bits per heavy atom. The van der Waals surface area contributed by atoms with Gasteiger partial charge in [-0.05, 0) is 53.2 Å². The molecular weight excluding hydrogens is 495 g/mol. The van der Waals surface area contributed by atoms with Gasteiger partial charge in [-0.25, -0.2) is 9.78 Å². The van der Waals surface area contributed by atoms with E-state index in [9.17, 15) is 4.79 Å². The number of imidazole rings is 1.